The van der Waals surface area contributed by atoms with Crippen molar-refractivity contribution in [1.29, 1.82) is 0 Å². The highest BCUT2D eigenvalue weighted by Gasteiger charge is 2.28. The molecule has 0 spiro atoms. The van der Waals surface area contributed by atoms with Crippen LogP contribution in [0.2, 0.25) is 0 Å². The Kier molecular flexibility index (Phi) is 7.70. The van der Waals surface area contributed by atoms with E-state index in [1.54, 1.807) is 23.1 Å². The quantitative estimate of drug-likeness (QED) is 0.489. The number of amides is 3. The Morgan fingerprint density at radius 3 is 2.33 bits per heavy atom. The van der Waals surface area contributed by atoms with Gasteiger partial charge in [-0.3, -0.25) is 24.5 Å². The summed E-state index contributed by atoms with van der Waals surface area (Å²) in [7, 11) is 0. The van der Waals surface area contributed by atoms with Gasteiger partial charge in [-0.05, 0) is 36.6 Å². The second-order valence-corrected chi connectivity index (χ2v) is 7.93. The maximum Gasteiger partial charge on any atom is 0.269 e. The Hall–Kier alpha value is -3.82. The number of nitrogens with one attached hydrogen (secondary N) is 2. The molecule has 9 nitrogen and oxygen atoms in total. The number of hydrogen-bond acceptors (Lipinski definition) is 5. The Labute approximate surface area is 190 Å². The third kappa shape index (κ3) is 6.34. The summed E-state index contributed by atoms with van der Waals surface area (Å²) in [5.41, 5.74) is 0.602. The Bertz CT molecular complexity index is 1040. The number of nitro benzene ring substituents is 1. The minimum Gasteiger partial charge on any atom is -0.351 e. The lowest BCUT2D eigenvalue weighted by Crippen LogP contribution is -2.53. The van der Waals surface area contributed by atoms with Gasteiger partial charge in [-0.25, -0.2) is 4.39 Å². The van der Waals surface area contributed by atoms with E-state index in [2.05, 4.69) is 10.6 Å². The predicted molar refractivity (Wildman–Crippen MR) is 118 cm³/mol. The number of non-ortho nitro benzene ring substituents is 1. The highest BCUT2D eigenvalue weighted by molar-refractivity contribution is 5.94. The lowest BCUT2D eigenvalue weighted by molar-refractivity contribution is -0.384. The van der Waals surface area contributed by atoms with E-state index in [0.717, 1.165) is 0 Å². The van der Waals surface area contributed by atoms with Gasteiger partial charge in [0.15, 0.2) is 0 Å². The SMILES string of the molecule is CC(=O)NC(Cc1ccccc1F)C(=O)NC1CCN(C(=O)c2ccc([N+](=O)[O-])cc2)CC1. The summed E-state index contributed by atoms with van der Waals surface area (Å²) in [6, 6.07) is 10.4. The number of likely N-dealkylation sites (tertiary alicyclic amines) is 1. The van der Waals surface area contributed by atoms with Gasteiger partial charge in [0.25, 0.3) is 11.6 Å². The smallest absolute Gasteiger partial charge is 0.269 e. The van der Waals surface area contributed by atoms with Crippen molar-refractivity contribution >= 4 is 23.4 Å². The van der Waals surface area contributed by atoms with Crippen molar-refractivity contribution in [2.45, 2.75) is 38.3 Å². The van der Waals surface area contributed by atoms with Gasteiger partial charge in [0, 0.05) is 50.2 Å². The number of hydrogen-bond donors (Lipinski definition) is 2. The molecule has 2 aromatic carbocycles. The zero-order chi connectivity index (χ0) is 24.0. The minimum absolute atomic E-state index is 0.0234. The van der Waals surface area contributed by atoms with Gasteiger partial charge in [-0.2, -0.15) is 0 Å². The summed E-state index contributed by atoms with van der Waals surface area (Å²) < 4.78 is 14.0. The van der Waals surface area contributed by atoms with E-state index in [0.29, 0.717) is 37.1 Å². The summed E-state index contributed by atoms with van der Waals surface area (Å²) in [5, 5.41) is 16.2. The molecule has 1 fully saturated rings. The van der Waals surface area contributed by atoms with E-state index < -0.39 is 28.6 Å². The Balaban J connectivity index is 1.56. The van der Waals surface area contributed by atoms with E-state index in [1.165, 1.54) is 37.3 Å². The van der Waals surface area contributed by atoms with Gasteiger partial charge in [0.2, 0.25) is 11.8 Å². The lowest BCUT2D eigenvalue weighted by atomic mass is 10.0. The molecule has 0 aliphatic carbocycles. The molecule has 0 radical (unpaired) electrons. The zero-order valence-electron chi connectivity index (χ0n) is 18.1. The summed E-state index contributed by atoms with van der Waals surface area (Å²) in [6.07, 6.45) is 1.05. The third-order valence-electron chi connectivity index (χ3n) is 5.53. The number of nitro groups is 1. The zero-order valence-corrected chi connectivity index (χ0v) is 18.1. The van der Waals surface area contributed by atoms with Gasteiger partial charge >= 0.3 is 0 Å². The summed E-state index contributed by atoms with van der Waals surface area (Å²) in [6.45, 7) is 2.10. The van der Waals surface area contributed by atoms with Crippen LogP contribution in [-0.2, 0) is 16.0 Å². The average molecular weight is 456 g/mol. The number of nitrogens with zero attached hydrogens (tertiary/aromatic N) is 2. The second-order valence-electron chi connectivity index (χ2n) is 7.93. The van der Waals surface area contributed by atoms with Crippen LogP contribution < -0.4 is 10.6 Å². The number of piperidine rings is 1. The van der Waals surface area contributed by atoms with Crippen LogP contribution in [0.25, 0.3) is 0 Å². The first kappa shape index (κ1) is 23.8. The lowest BCUT2D eigenvalue weighted by Gasteiger charge is -2.33. The van der Waals surface area contributed by atoms with Crippen molar-refractivity contribution in [2.24, 2.45) is 0 Å². The van der Waals surface area contributed by atoms with Crippen molar-refractivity contribution in [1.82, 2.24) is 15.5 Å². The summed E-state index contributed by atoms with van der Waals surface area (Å²) >= 11 is 0. The first-order chi connectivity index (χ1) is 15.7. The summed E-state index contributed by atoms with van der Waals surface area (Å²) in [4.78, 5) is 48.9. The van der Waals surface area contributed by atoms with Crippen molar-refractivity contribution in [2.75, 3.05) is 13.1 Å². The first-order valence-corrected chi connectivity index (χ1v) is 10.6. The molecule has 0 saturated carbocycles. The highest BCUT2D eigenvalue weighted by Crippen LogP contribution is 2.17. The topological polar surface area (TPSA) is 122 Å². The van der Waals surface area contributed by atoms with Crippen LogP contribution in [-0.4, -0.2) is 52.7 Å². The molecule has 33 heavy (non-hydrogen) atoms. The Morgan fingerprint density at radius 1 is 1.12 bits per heavy atom. The molecule has 1 aliphatic heterocycles. The molecule has 1 unspecified atom stereocenters. The van der Waals surface area contributed by atoms with Gasteiger partial charge < -0.3 is 15.5 Å². The third-order valence-corrected chi connectivity index (χ3v) is 5.53. The average Bonchev–Trinajstić information content (AvgIpc) is 2.80. The van der Waals surface area contributed by atoms with Crippen LogP contribution >= 0.6 is 0 Å². The predicted octanol–water partition coefficient (Wildman–Crippen LogP) is 2.20. The van der Waals surface area contributed by atoms with Crippen LogP contribution in [0.15, 0.2) is 48.5 Å². The number of rotatable bonds is 7. The van der Waals surface area contributed by atoms with Crippen molar-refractivity contribution in [3.63, 3.8) is 0 Å². The molecule has 2 N–H and O–H groups in total. The molecule has 1 saturated heterocycles. The summed E-state index contributed by atoms with van der Waals surface area (Å²) in [5.74, 6) is -1.48. The maximum absolute atomic E-state index is 14.0. The van der Waals surface area contributed by atoms with Crippen LogP contribution in [0.4, 0.5) is 10.1 Å². The molecule has 0 aromatic heterocycles. The molecule has 174 valence electrons. The monoisotopic (exact) mass is 456 g/mol. The van der Waals surface area contributed by atoms with Crippen molar-refractivity contribution in [3.05, 3.63) is 75.6 Å². The fourth-order valence-corrected chi connectivity index (χ4v) is 3.78. The molecule has 1 atom stereocenters. The molecule has 3 amide bonds. The van der Waals surface area contributed by atoms with Gasteiger partial charge in [-0.1, -0.05) is 18.2 Å². The standard InChI is InChI=1S/C23H25FN4O5/c1-15(29)25-21(14-17-4-2-3-5-20(17)24)22(30)26-18-10-12-27(13-11-18)23(31)16-6-8-19(9-7-16)28(32)33/h2-9,18,21H,10-14H2,1H3,(H,25,29)(H,26,30). The van der Waals surface area contributed by atoms with E-state index in [9.17, 15) is 28.9 Å². The van der Waals surface area contributed by atoms with Crippen LogP contribution in [0.3, 0.4) is 0 Å². The number of carbonyl (C=O) groups excluding carboxylic acids is 3. The molecule has 2 aromatic rings. The van der Waals surface area contributed by atoms with Crippen LogP contribution in [0, 0.1) is 15.9 Å². The minimum atomic E-state index is -0.917. The first-order valence-electron chi connectivity index (χ1n) is 10.6. The van der Waals surface area contributed by atoms with Crippen LogP contribution in [0.1, 0.15) is 35.7 Å². The Morgan fingerprint density at radius 2 is 1.76 bits per heavy atom. The largest absolute Gasteiger partial charge is 0.351 e. The van der Waals surface area contributed by atoms with Crippen molar-refractivity contribution in [3.8, 4) is 0 Å². The second kappa shape index (κ2) is 10.7. The molecule has 1 heterocycles. The number of benzene rings is 2. The van der Waals surface area contributed by atoms with Gasteiger partial charge in [-0.15, -0.1) is 0 Å². The normalized spacial score (nSPS) is 14.9. The van der Waals surface area contributed by atoms with Gasteiger partial charge in [0.05, 0.1) is 4.92 Å². The van der Waals surface area contributed by atoms with Gasteiger partial charge in [0.1, 0.15) is 11.9 Å². The molecular formula is C23H25FN4O5. The molecule has 10 heteroatoms. The van der Waals surface area contributed by atoms with Crippen LogP contribution in [0.5, 0.6) is 0 Å². The fourth-order valence-electron chi connectivity index (χ4n) is 3.78. The number of carbonyl (C=O) groups is 3. The number of halogens is 1. The molecule has 0 bridgehead atoms. The van der Waals surface area contributed by atoms with E-state index >= 15 is 0 Å². The van der Waals surface area contributed by atoms with E-state index in [1.807, 2.05) is 0 Å². The van der Waals surface area contributed by atoms with E-state index in [4.69, 9.17) is 0 Å². The van der Waals surface area contributed by atoms with E-state index in [-0.39, 0.29) is 24.1 Å². The molecule has 3 rings (SSSR count). The van der Waals surface area contributed by atoms with Crippen molar-refractivity contribution < 1.29 is 23.7 Å². The molecule has 1 aliphatic rings. The maximum atomic E-state index is 14.0. The molecular weight excluding hydrogens is 431 g/mol. The fraction of sp³-hybridized carbons (Fsp3) is 0.348. The highest BCUT2D eigenvalue weighted by atomic mass is 19.1.